The molecule has 3 rings (SSSR count). The molecular weight excluding hydrogens is 420 g/mol. The molecule has 0 bridgehead atoms. The second-order valence-corrected chi connectivity index (χ2v) is 7.44. The van der Waals surface area contributed by atoms with Crippen molar-refractivity contribution >= 4 is 46.5 Å². The topological polar surface area (TPSA) is 94.5 Å². The Morgan fingerprint density at radius 3 is 2.35 bits per heavy atom. The van der Waals surface area contributed by atoms with Crippen molar-refractivity contribution in [2.24, 2.45) is 4.99 Å². The third-order valence-corrected chi connectivity index (χ3v) is 5.14. The first kappa shape index (κ1) is 22.1. The Balaban J connectivity index is 1.93. The zero-order chi connectivity index (χ0) is 22.5. The highest BCUT2D eigenvalue weighted by Crippen LogP contribution is 2.36. The number of ether oxygens (including phenoxy) is 3. The van der Waals surface area contributed by atoms with Crippen LogP contribution >= 0.6 is 11.8 Å². The average molecular weight is 440 g/mol. The predicted octanol–water partition coefficient (Wildman–Crippen LogP) is 3.78. The number of hydrogen-bond acceptors (Lipinski definition) is 8. The number of likely N-dealkylation sites (N-methyl/N-ethyl adjacent to an activating group) is 1. The number of hydrogen-bond donors (Lipinski definition) is 0. The molecule has 0 N–H and O–H groups in total. The Bertz CT molecular complexity index is 1110. The van der Waals surface area contributed by atoms with Crippen LogP contribution in [-0.4, -0.2) is 42.1 Å². The highest BCUT2D eigenvalue weighted by Gasteiger charge is 2.30. The second kappa shape index (κ2) is 9.48. The summed E-state index contributed by atoms with van der Waals surface area (Å²) in [7, 11) is 3.19. The van der Waals surface area contributed by atoms with Crippen LogP contribution in [0.5, 0.6) is 17.2 Å². The zero-order valence-corrected chi connectivity index (χ0v) is 18.2. The van der Waals surface area contributed by atoms with E-state index in [1.807, 2.05) is 12.1 Å². The third kappa shape index (κ3) is 5.32. The van der Waals surface area contributed by atoms with Crippen molar-refractivity contribution in [1.82, 2.24) is 4.90 Å². The Morgan fingerprint density at radius 2 is 1.68 bits per heavy atom. The molecule has 1 heterocycles. The third-order valence-electron chi connectivity index (χ3n) is 4.08. The molecule has 1 aliphatic heterocycles. The molecule has 160 valence electrons. The van der Waals surface area contributed by atoms with Crippen LogP contribution in [0, 0.1) is 0 Å². The van der Waals surface area contributed by atoms with E-state index in [1.54, 1.807) is 38.4 Å². The molecule has 1 aliphatic rings. The molecule has 31 heavy (non-hydrogen) atoms. The lowest BCUT2D eigenvalue weighted by atomic mass is 10.2. The first-order valence-corrected chi connectivity index (χ1v) is 10.0. The molecule has 1 amide bonds. The fraction of sp³-hybridized carbons (Fsp3) is 0.182. The van der Waals surface area contributed by atoms with E-state index >= 15 is 0 Å². The largest absolute Gasteiger partial charge is 0.494 e. The SMILES string of the molecule is COc1ccccc1N=C1S/C(=C\c2ccc(OC(C)=O)c(OC(C)=O)c2)C(=O)N1C. The lowest BCUT2D eigenvalue weighted by Crippen LogP contribution is -2.23. The van der Waals surface area contributed by atoms with Crippen LogP contribution in [0.1, 0.15) is 19.4 Å². The minimum atomic E-state index is -0.560. The van der Waals surface area contributed by atoms with Crippen molar-refractivity contribution < 1.29 is 28.6 Å². The summed E-state index contributed by atoms with van der Waals surface area (Å²) in [5, 5.41) is 0.498. The van der Waals surface area contributed by atoms with Gasteiger partial charge in [-0.05, 0) is 47.7 Å². The molecule has 0 aromatic heterocycles. The van der Waals surface area contributed by atoms with Gasteiger partial charge in [0.1, 0.15) is 11.4 Å². The van der Waals surface area contributed by atoms with Gasteiger partial charge in [-0.25, -0.2) is 4.99 Å². The van der Waals surface area contributed by atoms with Gasteiger partial charge in [0.25, 0.3) is 5.91 Å². The maximum atomic E-state index is 12.7. The highest BCUT2D eigenvalue weighted by atomic mass is 32.2. The van der Waals surface area contributed by atoms with Gasteiger partial charge in [-0.2, -0.15) is 0 Å². The van der Waals surface area contributed by atoms with Gasteiger partial charge in [0.05, 0.1) is 12.0 Å². The molecule has 9 heteroatoms. The van der Waals surface area contributed by atoms with Crippen LogP contribution in [-0.2, 0) is 14.4 Å². The van der Waals surface area contributed by atoms with Gasteiger partial charge in [0.15, 0.2) is 16.7 Å². The maximum Gasteiger partial charge on any atom is 0.308 e. The normalized spacial score (nSPS) is 16.0. The van der Waals surface area contributed by atoms with Gasteiger partial charge in [-0.15, -0.1) is 0 Å². The number of amidine groups is 1. The molecule has 0 spiro atoms. The number of aliphatic imine (C=N–C) groups is 1. The van der Waals surface area contributed by atoms with E-state index in [4.69, 9.17) is 14.2 Å². The van der Waals surface area contributed by atoms with Crippen LogP contribution in [0.4, 0.5) is 5.69 Å². The molecule has 0 aliphatic carbocycles. The van der Waals surface area contributed by atoms with Crippen molar-refractivity contribution in [3.8, 4) is 17.2 Å². The Morgan fingerprint density at radius 1 is 1.00 bits per heavy atom. The minimum absolute atomic E-state index is 0.0868. The van der Waals surface area contributed by atoms with Crippen molar-refractivity contribution in [2.75, 3.05) is 14.2 Å². The average Bonchev–Trinajstić information content (AvgIpc) is 2.97. The van der Waals surface area contributed by atoms with Gasteiger partial charge >= 0.3 is 11.9 Å². The summed E-state index contributed by atoms with van der Waals surface area (Å²) in [5.41, 5.74) is 1.20. The van der Waals surface area contributed by atoms with Crippen molar-refractivity contribution in [2.45, 2.75) is 13.8 Å². The number of rotatable bonds is 5. The number of para-hydroxylation sites is 2. The van der Waals surface area contributed by atoms with Gasteiger partial charge < -0.3 is 14.2 Å². The smallest absolute Gasteiger partial charge is 0.308 e. The molecule has 0 atom stereocenters. The molecule has 0 unspecified atom stereocenters. The number of nitrogens with zero attached hydrogens (tertiary/aromatic N) is 2. The number of esters is 2. The molecule has 2 aromatic rings. The monoisotopic (exact) mass is 440 g/mol. The van der Waals surface area contributed by atoms with Crippen LogP contribution in [0.15, 0.2) is 52.4 Å². The molecule has 0 radical (unpaired) electrons. The summed E-state index contributed by atoms with van der Waals surface area (Å²) < 4.78 is 15.5. The molecule has 2 aromatic carbocycles. The number of benzene rings is 2. The Hall–Kier alpha value is -3.59. The summed E-state index contributed by atoms with van der Waals surface area (Å²) in [6, 6.07) is 11.9. The number of carbonyl (C=O) groups is 3. The number of methoxy groups -OCH3 is 1. The Kier molecular flexibility index (Phi) is 6.76. The summed E-state index contributed by atoms with van der Waals surface area (Å²) >= 11 is 1.21. The van der Waals surface area contributed by atoms with Gasteiger partial charge in [0.2, 0.25) is 0 Å². The van der Waals surface area contributed by atoms with Gasteiger partial charge in [0, 0.05) is 20.9 Å². The van der Waals surface area contributed by atoms with E-state index in [0.717, 1.165) is 0 Å². The van der Waals surface area contributed by atoms with E-state index in [1.165, 1.54) is 42.6 Å². The maximum absolute atomic E-state index is 12.7. The van der Waals surface area contributed by atoms with E-state index in [0.29, 0.717) is 27.1 Å². The number of thioether (sulfide) groups is 1. The van der Waals surface area contributed by atoms with Crippen molar-refractivity contribution in [1.29, 1.82) is 0 Å². The predicted molar refractivity (Wildman–Crippen MR) is 117 cm³/mol. The van der Waals surface area contributed by atoms with Gasteiger partial charge in [-0.3, -0.25) is 19.3 Å². The van der Waals surface area contributed by atoms with Crippen molar-refractivity contribution in [3.05, 3.63) is 52.9 Å². The fourth-order valence-electron chi connectivity index (χ4n) is 2.72. The lowest BCUT2D eigenvalue weighted by molar-refractivity contribution is -0.134. The quantitative estimate of drug-likeness (QED) is 0.397. The lowest BCUT2D eigenvalue weighted by Gasteiger charge is -2.09. The summed E-state index contributed by atoms with van der Waals surface area (Å²) in [5.74, 6) is -0.525. The molecule has 1 saturated heterocycles. The molecule has 1 fully saturated rings. The van der Waals surface area contributed by atoms with Crippen LogP contribution in [0.2, 0.25) is 0 Å². The van der Waals surface area contributed by atoms with Crippen LogP contribution in [0.3, 0.4) is 0 Å². The van der Waals surface area contributed by atoms with Crippen LogP contribution in [0.25, 0.3) is 6.08 Å². The minimum Gasteiger partial charge on any atom is -0.494 e. The van der Waals surface area contributed by atoms with Gasteiger partial charge in [-0.1, -0.05) is 18.2 Å². The second-order valence-electron chi connectivity index (χ2n) is 6.43. The first-order chi connectivity index (χ1) is 14.8. The van der Waals surface area contributed by atoms with E-state index in [-0.39, 0.29) is 17.4 Å². The summed E-state index contributed by atoms with van der Waals surface area (Å²) in [4.78, 5) is 41.8. The number of amides is 1. The Labute approximate surface area is 183 Å². The summed E-state index contributed by atoms with van der Waals surface area (Å²) in [6.07, 6.45) is 1.65. The standard InChI is InChI=1S/C22H20N2O6S/c1-13(25)29-18-10-9-15(11-19(18)30-14(2)26)12-20-21(27)24(3)22(31-20)23-16-7-5-6-8-17(16)28-4/h5-12H,1-4H3/b20-12-,23-22?. The highest BCUT2D eigenvalue weighted by molar-refractivity contribution is 8.18. The van der Waals surface area contributed by atoms with E-state index in [2.05, 4.69) is 4.99 Å². The molecule has 0 saturated carbocycles. The van der Waals surface area contributed by atoms with E-state index < -0.39 is 11.9 Å². The number of carbonyl (C=O) groups excluding carboxylic acids is 3. The molecule has 8 nitrogen and oxygen atoms in total. The summed E-state index contributed by atoms with van der Waals surface area (Å²) in [6.45, 7) is 2.49. The van der Waals surface area contributed by atoms with Crippen molar-refractivity contribution in [3.63, 3.8) is 0 Å². The fourth-order valence-corrected chi connectivity index (χ4v) is 3.70. The molecular formula is C22H20N2O6S. The van der Waals surface area contributed by atoms with Crippen LogP contribution < -0.4 is 14.2 Å². The van der Waals surface area contributed by atoms with E-state index in [9.17, 15) is 14.4 Å². The first-order valence-electron chi connectivity index (χ1n) is 9.18. The zero-order valence-electron chi connectivity index (χ0n) is 17.4.